The molecule has 3 heterocycles. The Balaban J connectivity index is 1.31. The van der Waals surface area contributed by atoms with Gasteiger partial charge in [0.25, 0.3) is 5.91 Å². The Labute approximate surface area is 276 Å². The third kappa shape index (κ3) is 6.54. The van der Waals surface area contributed by atoms with E-state index in [-0.39, 0.29) is 37.2 Å². The van der Waals surface area contributed by atoms with E-state index in [4.69, 9.17) is 4.74 Å². The number of halogens is 1. The fourth-order valence-corrected chi connectivity index (χ4v) is 7.79. The zero-order valence-electron chi connectivity index (χ0n) is 26.7. The van der Waals surface area contributed by atoms with E-state index in [0.29, 0.717) is 43.3 Å². The van der Waals surface area contributed by atoms with E-state index in [2.05, 4.69) is 25.3 Å². The summed E-state index contributed by atoms with van der Waals surface area (Å²) < 4.78 is 47.8. The summed E-state index contributed by atoms with van der Waals surface area (Å²) in [5, 5.41) is 14.6. The highest BCUT2D eigenvalue weighted by Crippen LogP contribution is 2.47. The first-order chi connectivity index (χ1) is 22.7. The molecule has 0 spiro atoms. The van der Waals surface area contributed by atoms with Crippen molar-refractivity contribution < 1.29 is 41.8 Å². The maximum atomic E-state index is 14.5. The van der Waals surface area contributed by atoms with Crippen molar-refractivity contribution in [2.24, 2.45) is 5.92 Å². The predicted molar refractivity (Wildman–Crippen MR) is 170 cm³/mol. The van der Waals surface area contributed by atoms with Crippen LogP contribution in [0.15, 0.2) is 30.4 Å². The number of nitrogens with zero attached hydrogens (tertiary/aromatic N) is 3. The molecule has 2 aliphatic heterocycles. The second-order valence-electron chi connectivity index (χ2n) is 13.4. The smallest absolute Gasteiger partial charge is 0.405 e. The van der Waals surface area contributed by atoms with E-state index in [0.717, 1.165) is 6.42 Å². The number of para-hydroxylation sites is 1. The molecule has 2 saturated carbocycles. The normalized spacial score (nSPS) is 29.4. The Kier molecular flexibility index (Phi) is 8.81. The molecule has 3 fully saturated rings. The van der Waals surface area contributed by atoms with Crippen molar-refractivity contribution >= 4 is 44.9 Å². The number of carboxylic acid groups (broad SMARTS) is 1. The van der Waals surface area contributed by atoms with Gasteiger partial charge in [0.2, 0.25) is 27.7 Å². The fraction of sp³-hybridized carbons (Fsp3) is 0.562. The van der Waals surface area contributed by atoms with Crippen LogP contribution in [0.25, 0.3) is 11.0 Å². The van der Waals surface area contributed by atoms with Crippen LogP contribution in [0.2, 0.25) is 0 Å². The minimum Gasteiger partial charge on any atom is -0.471 e. The molecule has 1 aromatic carbocycles. The molecule has 4 aliphatic rings. The zero-order valence-corrected chi connectivity index (χ0v) is 27.5. The van der Waals surface area contributed by atoms with Crippen molar-refractivity contribution in [3.05, 3.63) is 41.9 Å². The van der Waals surface area contributed by atoms with Crippen LogP contribution in [0.3, 0.4) is 0 Å². The summed E-state index contributed by atoms with van der Waals surface area (Å²) in [4.78, 5) is 63.3. The van der Waals surface area contributed by atoms with Crippen molar-refractivity contribution in [1.29, 1.82) is 0 Å². The van der Waals surface area contributed by atoms with Gasteiger partial charge in [0, 0.05) is 12.3 Å². The van der Waals surface area contributed by atoms with Crippen LogP contribution >= 0.6 is 0 Å². The zero-order chi connectivity index (χ0) is 34.4. The number of ether oxygens (including phenoxy) is 1. The van der Waals surface area contributed by atoms with Gasteiger partial charge >= 0.3 is 6.09 Å². The summed E-state index contributed by atoms with van der Waals surface area (Å²) in [5.74, 6) is -3.27. The van der Waals surface area contributed by atoms with Gasteiger partial charge in [-0.25, -0.2) is 27.6 Å². The number of sulfonamides is 1. The fourth-order valence-electron chi connectivity index (χ4n) is 6.48. The van der Waals surface area contributed by atoms with E-state index in [1.807, 2.05) is 12.2 Å². The number of aromatic nitrogens is 2. The van der Waals surface area contributed by atoms with Crippen LogP contribution in [0.5, 0.6) is 5.88 Å². The minimum atomic E-state index is -4.00. The van der Waals surface area contributed by atoms with E-state index in [1.165, 1.54) is 17.0 Å². The van der Waals surface area contributed by atoms with Crippen LogP contribution < -0.4 is 20.1 Å². The molecule has 6 rings (SSSR count). The summed E-state index contributed by atoms with van der Waals surface area (Å²) in [6.45, 7) is 3.05. The Morgan fingerprint density at radius 3 is 2.67 bits per heavy atom. The number of nitrogens with one attached hydrogen (secondary N) is 3. The molecule has 1 aromatic heterocycles. The molecular weight excluding hydrogens is 647 g/mol. The largest absolute Gasteiger partial charge is 0.471 e. The Morgan fingerprint density at radius 1 is 1.17 bits per heavy atom. The molecule has 2 aromatic rings. The molecule has 5 atom stereocenters. The average Bonchev–Trinajstić information content (AvgIpc) is 3.90. The van der Waals surface area contributed by atoms with E-state index >= 15 is 0 Å². The molecule has 258 valence electrons. The minimum absolute atomic E-state index is 0.00966. The number of amides is 4. The lowest BCUT2D eigenvalue weighted by atomic mass is 10.1. The standard InChI is InChI=1S/C32H39FN6O8S/c1-18-27(36-25-21(33)10-8-12-22(25)34-18)47-20-15-24-26(40)37-32(29(42)38-48(45,46)31(2)13-14-31)16-19(32)9-6-4-3-5-7-11-23(35-30(43)44)28(41)39(24)17-20/h6,8-10,12,19-20,23-24,35H,3-5,7,11,13-17H2,1-2H3,(H,37,40)(H,38,42)(H,43,44)/b9-6-/t19-,20-,23+,24+,32-/m1/s1. The quantitative estimate of drug-likeness (QED) is 0.328. The highest BCUT2D eigenvalue weighted by molar-refractivity contribution is 7.91. The van der Waals surface area contributed by atoms with Crippen molar-refractivity contribution in [2.75, 3.05) is 6.54 Å². The lowest BCUT2D eigenvalue weighted by molar-refractivity contribution is -0.141. The van der Waals surface area contributed by atoms with Gasteiger partial charge in [-0.3, -0.25) is 19.1 Å². The first-order valence-corrected chi connectivity index (χ1v) is 17.7. The number of carbonyl (C=O) groups excluding carboxylic acids is 3. The van der Waals surface area contributed by atoms with Gasteiger partial charge in [-0.05, 0) is 64.5 Å². The topological polar surface area (TPSA) is 197 Å². The van der Waals surface area contributed by atoms with Crippen LogP contribution in [0.1, 0.15) is 70.4 Å². The molecule has 0 unspecified atom stereocenters. The molecule has 16 heteroatoms. The van der Waals surface area contributed by atoms with E-state index in [1.54, 1.807) is 19.9 Å². The van der Waals surface area contributed by atoms with Gasteiger partial charge in [-0.1, -0.05) is 31.1 Å². The maximum absolute atomic E-state index is 14.5. The van der Waals surface area contributed by atoms with Gasteiger partial charge in [-0.15, -0.1) is 0 Å². The van der Waals surface area contributed by atoms with Crippen molar-refractivity contribution in [2.45, 2.75) is 100 Å². The van der Waals surface area contributed by atoms with Crippen LogP contribution in [-0.2, 0) is 24.4 Å². The number of fused-ring (bicyclic) bond motifs is 3. The Morgan fingerprint density at radius 2 is 1.94 bits per heavy atom. The highest BCUT2D eigenvalue weighted by atomic mass is 32.2. The van der Waals surface area contributed by atoms with Crippen molar-refractivity contribution in [1.82, 2.24) is 30.2 Å². The molecule has 0 bridgehead atoms. The SMILES string of the molecule is Cc1nc2cccc(F)c2nc1O[C@@H]1C[C@H]2C(=O)N[C@]3(C(=O)NS(=O)(=O)C4(C)CC4)C[C@H]3/C=C\CCCCC[C@H](NC(=O)O)C(=O)N2C1. The van der Waals surface area contributed by atoms with Gasteiger partial charge in [0.05, 0.1) is 16.8 Å². The number of benzene rings is 1. The Hall–Kier alpha value is -4.34. The van der Waals surface area contributed by atoms with Gasteiger partial charge in [-0.2, -0.15) is 0 Å². The number of carbonyl (C=O) groups is 4. The summed E-state index contributed by atoms with van der Waals surface area (Å²) in [7, 11) is -4.00. The molecular formula is C32H39FN6O8S. The number of hydrogen-bond donors (Lipinski definition) is 4. The van der Waals surface area contributed by atoms with Crippen molar-refractivity contribution in [3.63, 3.8) is 0 Å². The number of rotatable bonds is 6. The number of hydrogen-bond acceptors (Lipinski definition) is 9. The lowest BCUT2D eigenvalue weighted by Crippen LogP contribution is -2.58. The summed E-state index contributed by atoms with van der Waals surface area (Å²) in [6.07, 6.45) is 5.23. The predicted octanol–water partition coefficient (Wildman–Crippen LogP) is 2.46. The van der Waals surface area contributed by atoms with Crippen LogP contribution in [0.4, 0.5) is 9.18 Å². The number of allylic oxidation sites excluding steroid dienone is 1. The average molecular weight is 687 g/mol. The molecule has 14 nitrogen and oxygen atoms in total. The Bertz CT molecular complexity index is 1800. The van der Waals surface area contributed by atoms with Gasteiger partial charge in [0.1, 0.15) is 34.9 Å². The highest BCUT2D eigenvalue weighted by Gasteiger charge is 2.63. The second-order valence-corrected chi connectivity index (χ2v) is 15.6. The van der Waals surface area contributed by atoms with E-state index in [9.17, 15) is 37.1 Å². The summed E-state index contributed by atoms with van der Waals surface area (Å²) >= 11 is 0. The molecule has 0 radical (unpaired) electrons. The second kappa shape index (κ2) is 12.6. The molecule has 2 aliphatic carbocycles. The first kappa shape index (κ1) is 33.6. The summed E-state index contributed by atoms with van der Waals surface area (Å²) in [6, 6.07) is 2.00. The van der Waals surface area contributed by atoms with Gasteiger partial charge in [0.15, 0.2) is 5.82 Å². The molecule has 4 N–H and O–H groups in total. The maximum Gasteiger partial charge on any atom is 0.405 e. The monoisotopic (exact) mass is 686 g/mol. The van der Waals surface area contributed by atoms with E-state index < -0.39 is 74.0 Å². The first-order valence-electron chi connectivity index (χ1n) is 16.2. The summed E-state index contributed by atoms with van der Waals surface area (Å²) in [5.41, 5.74) is -0.893. The molecule has 1 saturated heterocycles. The third-order valence-electron chi connectivity index (χ3n) is 9.83. The van der Waals surface area contributed by atoms with Crippen LogP contribution in [-0.4, -0.2) is 87.2 Å². The van der Waals surface area contributed by atoms with Crippen LogP contribution in [0, 0.1) is 18.7 Å². The number of aryl methyl sites for hydroxylation is 1. The van der Waals surface area contributed by atoms with Gasteiger partial charge < -0.3 is 25.4 Å². The molecule has 48 heavy (non-hydrogen) atoms. The lowest BCUT2D eigenvalue weighted by Gasteiger charge is -2.29. The third-order valence-corrected chi connectivity index (χ3v) is 12.0. The molecule has 4 amide bonds. The van der Waals surface area contributed by atoms with Crippen molar-refractivity contribution in [3.8, 4) is 5.88 Å².